The number of nitrogens with zero attached hydrogens (tertiary/aromatic N) is 1. The Hall–Kier alpha value is -2.67. The zero-order chi connectivity index (χ0) is 20.7. The fraction of sp³-hybridized carbons (Fsp3) is 0.0952. The van der Waals surface area contributed by atoms with Gasteiger partial charge in [0.15, 0.2) is 5.06 Å². The Balaban J connectivity index is 2.11. The van der Waals surface area contributed by atoms with E-state index in [9.17, 15) is 14.7 Å². The van der Waals surface area contributed by atoms with Crippen LogP contribution < -0.4 is 10.6 Å². The monoisotopic (exact) mass is 445 g/mol. The number of ether oxygens (including phenoxy) is 1. The van der Waals surface area contributed by atoms with Crippen LogP contribution in [0.25, 0.3) is 16.7 Å². The molecule has 1 N–H and O–H groups in total. The molecular weight excluding hydrogens is 433 g/mol. The number of fused-ring (bicyclic) bond motifs is 1. The first-order valence-corrected chi connectivity index (χ1v) is 10.2. The number of esters is 1. The average molecular weight is 446 g/mol. The summed E-state index contributed by atoms with van der Waals surface area (Å²) in [6, 6.07) is 12.1. The largest absolute Gasteiger partial charge is 0.499 e. The number of halogens is 2. The van der Waals surface area contributed by atoms with Gasteiger partial charge in [0, 0.05) is 15.8 Å². The highest BCUT2D eigenvalue weighted by molar-refractivity contribution is 7.16. The summed E-state index contributed by atoms with van der Waals surface area (Å²) in [5, 5.41) is 11.7. The Morgan fingerprint density at radius 1 is 1.21 bits per heavy atom. The number of amides is 1. The minimum absolute atomic E-state index is 0.0138. The van der Waals surface area contributed by atoms with Crippen molar-refractivity contribution < 1.29 is 19.4 Å². The number of benzene rings is 2. The summed E-state index contributed by atoms with van der Waals surface area (Å²) in [4.78, 5) is 29.8. The van der Waals surface area contributed by atoms with Gasteiger partial charge in [-0.1, -0.05) is 64.9 Å². The summed E-state index contributed by atoms with van der Waals surface area (Å²) in [6.45, 7) is 1.83. The van der Waals surface area contributed by atoms with E-state index in [4.69, 9.17) is 27.9 Å². The summed E-state index contributed by atoms with van der Waals surface area (Å²) >= 11 is 13.3. The fourth-order valence-electron chi connectivity index (χ4n) is 3.23. The van der Waals surface area contributed by atoms with E-state index in [1.54, 1.807) is 37.3 Å². The van der Waals surface area contributed by atoms with Crippen LogP contribution in [0.5, 0.6) is 5.06 Å². The molecule has 1 aliphatic rings. The second-order valence-electron chi connectivity index (χ2n) is 6.15. The molecule has 0 saturated carbocycles. The van der Waals surface area contributed by atoms with Crippen molar-refractivity contribution in [3.05, 3.63) is 73.5 Å². The van der Waals surface area contributed by atoms with Crippen molar-refractivity contribution in [2.24, 2.45) is 4.99 Å². The molecule has 146 valence electrons. The number of thiophene rings is 1. The molecule has 5 nitrogen and oxygen atoms in total. The van der Waals surface area contributed by atoms with Gasteiger partial charge in [-0.2, -0.15) is 0 Å². The van der Waals surface area contributed by atoms with Gasteiger partial charge in [0.1, 0.15) is 5.56 Å². The average Bonchev–Trinajstić information content (AvgIpc) is 3.19. The summed E-state index contributed by atoms with van der Waals surface area (Å²) in [7, 11) is 0. The highest BCUT2D eigenvalue weighted by Gasteiger charge is 2.31. The Morgan fingerprint density at radius 2 is 1.93 bits per heavy atom. The highest BCUT2D eigenvalue weighted by atomic mass is 35.5. The van der Waals surface area contributed by atoms with Gasteiger partial charge in [0.2, 0.25) is 0 Å². The van der Waals surface area contributed by atoms with Gasteiger partial charge in [0.05, 0.1) is 27.4 Å². The normalized spacial score (nSPS) is 12.7. The van der Waals surface area contributed by atoms with Crippen molar-refractivity contribution in [3.8, 4) is 16.2 Å². The molecule has 4 rings (SSSR count). The molecule has 0 spiro atoms. The van der Waals surface area contributed by atoms with E-state index in [1.807, 2.05) is 6.07 Å². The van der Waals surface area contributed by atoms with E-state index in [1.165, 1.54) is 6.07 Å². The maximum atomic E-state index is 12.8. The van der Waals surface area contributed by atoms with Gasteiger partial charge in [-0.15, -0.1) is 0 Å². The summed E-state index contributed by atoms with van der Waals surface area (Å²) in [5.74, 6) is -1.18. The van der Waals surface area contributed by atoms with E-state index >= 15 is 0 Å². The summed E-state index contributed by atoms with van der Waals surface area (Å²) in [6.07, 6.45) is 0. The van der Waals surface area contributed by atoms with Crippen molar-refractivity contribution >= 4 is 52.0 Å². The molecule has 3 aromatic rings. The molecule has 0 unspecified atom stereocenters. The van der Waals surface area contributed by atoms with Crippen molar-refractivity contribution in [2.75, 3.05) is 6.61 Å². The number of hydrogen-bond acceptors (Lipinski definition) is 5. The number of aromatic hydroxyl groups is 1. The number of rotatable bonds is 4. The maximum Gasteiger partial charge on any atom is 0.343 e. The molecule has 1 aromatic heterocycles. The van der Waals surface area contributed by atoms with Crippen LogP contribution in [0.4, 0.5) is 0 Å². The molecule has 0 radical (unpaired) electrons. The molecule has 0 bridgehead atoms. The fourth-order valence-corrected chi connectivity index (χ4v) is 4.87. The molecule has 1 aliphatic heterocycles. The first kappa shape index (κ1) is 19.6. The summed E-state index contributed by atoms with van der Waals surface area (Å²) < 4.78 is 5.13. The Labute approximate surface area is 179 Å². The van der Waals surface area contributed by atoms with E-state index < -0.39 is 11.9 Å². The van der Waals surface area contributed by atoms with Gasteiger partial charge in [0.25, 0.3) is 5.91 Å². The minimum Gasteiger partial charge on any atom is -0.499 e. The molecule has 8 heteroatoms. The Morgan fingerprint density at radius 3 is 2.62 bits per heavy atom. The molecule has 1 amide bonds. The van der Waals surface area contributed by atoms with Gasteiger partial charge in [-0.25, -0.2) is 9.79 Å². The predicted octanol–water partition coefficient (Wildman–Crippen LogP) is 3.96. The number of carbonyl (C=O) groups excluding carboxylic acids is 2. The number of hydrogen-bond donors (Lipinski definition) is 1. The first-order valence-electron chi connectivity index (χ1n) is 8.63. The van der Waals surface area contributed by atoms with E-state index in [2.05, 4.69) is 4.99 Å². The third-order valence-corrected chi connectivity index (χ3v) is 5.90. The van der Waals surface area contributed by atoms with Crippen LogP contribution in [-0.2, 0) is 9.53 Å². The van der Waals surface area contributed by atoms with Crippen LogP contribution >= 0.6 is 34.5 Å². The third kappa shape index (κ3) is 3.33. The topological polar surface area (TPSA) is 76.0 Å². The van der Waals surface area contributed by atoms with Crippen LogP contribution in [0.2, 0.25) is 10.0 Å². The van der Waals surface area contributed by atoms with Crippen molar-refractivity contribution in [3.63, 3.8) is 0 Å². The van der Waals surface area contributed by atoms with E-state index in [0.29, 0.717) is 31.6 Å². The van der Waals surface area contributed by atoms with Crippen molar-refractivity contribution in [1.82, 2.24) is 0 Å². The second-order valence-corrected chi connectivity index (χ2v) is 7.99. The van der Waals surface area contributed by atoms with Gasteiger partial charge in [-0.05, 0) is 24.6 Å². The lowest BCUT2D eigenvalue weighted by atomic mass is 9.97. The standard InChI is InChI=1S/C21H13Cl2NO4S/c1-2-28-20(26)16-14(10-6-4-3-5-7-10)18(29-21(16)27)15-12-8-11(22)9-13(23)17(12)24-19(15)25/h3-9,27H,2H2,1H3. The van der Waals surface area contributed by atoms with E-state index in [0.717, 1.165) is 11.3 Å². The lowest BCUT2D eigenvalue weighted by Crippen LogP contribution is -2.24. The first-order chi connectivity index (χ1) is 13.9. The van der Waals surface area contributed by atoms with Gasteiger partial charge in [-0.3, -0.25) is 4.79 Å². The van der Waals surface area contributed by atoms with Gasteiger partial charge >= 0.3 is 5.97 Å². The van der Waals surface area contributed by atoms with Crippen LogP contribution in [0, 0.1) is 0 Å². The zero-order valence-corrected chi connectivity index (χ0v) is 17.4. The highest BCUT2D eigenvalue weighted by Crippen LogP contribution is 2.44. The third-order valence-electron chi connectivity index (χ3n) is 4.38. The Kier molecular flexibility index (Phi) is 5.17. The second kappa shape index (κ2) is 7.63. The van der Waals surface area contributed by atoms with Gasteiger partial charge < -0.3 is 9.84 Å². The van der Waals surface area contributed by atoms with E-state index in [-0.39, 0.29) is 27.8 Å². The van der Waals surface area contributed by atoms with Crippen molar-refractivity contribution in [1.29, 1.82) is 0 Å². The minimum atomic E-state index is -0.668. The maximum absolute atomic E-state index is 12.8. The lowest BCUT2D eigenvalue weighted by molar-refractivity contribution is -0.112. The molecule has 29 heavy (non-hydrogen) atoms. The smallest absolute Gasteiger partial charge is 0.343 e. The molecule has 0 atom stereocenters. The van der Waals surface area contributed by atoms with Crippen LogP contribution in [-0.4, -0.2) is 23.6 Å². The summed E-state index contributed by atoms with van der Waals surface area (Å²) in [5.41, 5.74) is 1.32. The van der Waals surface area contributed by atoms with Crippen LogP contribution in [0.3, 0.4) is 0 Å². The number of carbonyl (C=O) groups is 2. The molecule has 0 fully saturated rings. The van der Waals surface area contributed by atoms with Crippen LogP contribution in [0.15, 0.2) is 47.5 Å². The molecule has 0 saturated heterocycles. The molecule has 2 aromatic carbocycles. The molecular formula is C21H13Cl2NO4S. The molecule has 0 aliphatic carbocycles. The zero-order valence-electron chi connectivity index (χ0n) is 15.0. The predicted molar refractivity (Wildman–Crippen MR) is 112 cm³/mol. The van der Waals surface area contributed by atoms with Crippen molar-refractivity contribution in [2.45, 2.75) is 6.92 Å². The van der Waals surface area contributed by atoms with Crippen LogP contribution in [0.1, 0.15) is 22.2 Å². The molecule has 2 heterocycles. The quantitative estimate of drug-likeness (QED) is 0.616. The SMILES string of the molecule is CCOC(=O)c1c(O)sc(C2=c3cc(Cl)cc(Cl)c3=NC2=O)c1-c1ccccc1. The Bertz CT molecular complexity index is 1280. The lowest BCUT2D eigenvalue weighted by Gasteiger charge is -2.08.